The zero-order valence-corrected chi connectivity index (χ0v) is 12.0. The van der Waals surface area contributed by atoms with E-state index in [4.69, 9.17) is 16.9 Å². The molecule has 0 aliphatic heterocycles. The van der Waals surface area contributed by atoms with Crippen LogP contribution >= 0.6 is 11.6 Å². The van der Waals surface area contributed by atoms with Gasteiger partial charge in [-0.25, -0.2) is 13.4 Å². The molecule has 0 bridgehead atoms. The van der Waals surface area contributed by atoms with Crippen LogP contribution in [0.5, 0.6) is 0 Å². The first-order chi connectivity index (χ1) is 9.42. The topological polar surface area (TPSA) is 82.8 Å². The van der Waals surface area contributed by atoms with Crippen LogP contribution in [-0.4, -0.2) is 13.4 Å². The Morgan fingerprint density at radius 3 is 2.65 bits per heavy atom. The number of aryl methyl sites for hydroxylation is 1. The Bertz CT molecular complexity index is 798. The van der Waals surface area contributed by atoms with Crippen molar-refractivity contribution >= 4 is 27.4 Å². The van der Waals surface area contributed by atoms with Gasteiger partial charge in [-0.05, 0) is 36.8 Å². The van der Waals surface area contributed by atoms with Crippen molar-refractivity contribution in [2.75, 3.05) is 4.72 Å². The van der Waals surface area contributed by atoms with Crippen LogP contribution in [0.2, 0.25) is 5.02 Å². The molecule has 102 valence electrons. The highest BCUT2D eigenvalue weighted by Gasteiger charge is 2.17. The second-order valence-electron chi connectivity index (χ2n) is 4.06. The van der Waals surface area contributed by atoms with E-state index in [0.29, 0.717) is 16.1 Å². The molecule has 0 saturated heterocycles. The van der Waals surface area contributed by atoms with Crippen molar-refractivity contribution in [3.05, 3.63) is 52.7 Å². The lowest BCUT2D eigenvalue weighted by Gasteiger charge is -2.10. The van der Waals surface area contributed by atoms with Crippen LogP contribution in [-0.2, 0) is 10.0 Å². The van der Waals surface area contributed by atoms with Crippen LogP contribution in [0.4, 0.5) is 5.82 Å². The van der Waals surface area contributed by atoms with Gasteiger partial charge in [0.1, 0.15) is 5.82 Å². The van der Waals surface area contributed by atoms with Crippen molar-refractivity contribution in [3.8, 4) is 6.07 Å². The van der Waals surface area contributed by atoms with Crippen molar-refractivity contribution in [2.24, 2.45) is 0 Å². The molecule has 0 spiro atoms. The first-order valence-corrected chi connectivity index (χ1v) is 7.43. The van der Waals surface area contributed by atoms with Crippen LogP contribution in [0.15, 0.2) is 41.4 Å². The van der Waals surface area contributed by atoms with Gasteiger partial charge in [0.15, 0.2) is 0 Å². The molecule has 5 nitrogen and oxygen atoms in total. The molecule has 0 unspecified atom stereocenters. The number of rotatable bonds is 3. The van der Waals surface area contributed by atoms with Gasteiger partial charge in [0, 0.05) is 17.3 Å². The van der Waals surface area contributed by atoms with Gasteiger partial charge in [-0.3, -0.25) is 4.72 Å². The highest BCUT2D eigenvalue weighted by Crippen LogP contribution is 2.20. The van der Waals surface area contributed by atoms with Crippen molar-refractivity contribution in [2.45, 2.75) is 11.8 Å². The Balaban J connectivity index is 2.39. The fourth-order valence-electron chi connectivity index (χ4n) is 1.67. The second kappa shape index (κ2) is 5.49. The van der Waals surface area contributed by atoms with Crippen LogP contribution in [0.1, 0.15) is 11.1 Å². The summed E-state index contributed by atoms with van der Waals surface area (Å²) >= 11 is 5.78. The van der Waals surface area contributed by atoms with Gasteiger partial charge < -0.3 is 0 Å². The van der Waals surface area contributed by atoms with Gasteiger partial charge in [0.25, 0.3) is 10.0 Å². The summed E-state index contributed by atoms with van der Waals surface area (Å²) in [6.45, 7) is 1.63. The molecule has 0 aliphatic carbocycles. The SMILES string of the molecule is Cc1cc(C#N)ccc1S(=O)(=O)Nc1cc(Cl)ccn1. The summed E-state index contributed by atoms with van der Waals surface area (Å²) in [6, 6.07) is 9.28. The number of sulfonamides is 1. The molecular weight excluding hydrogens is 298 g/mol. The van der Waals surface area contributed by atoms with Gasteiger partial charge >= 0.3 is 0 Å². The molecule has 1 N–H and O–H groups in total. The van der Waals surface area contributed by atoms with E-state index in [1.165, 1.54) is 30.5 Å². The molecule has 0 radical (unpaired) electrons. The summed E-state index contributed by atoms with van der Waals surface area (Å²) in [5, 5.41) is 9.17. The fraction of sp³-hybridized carbons (Fsp3) is 0.0769. The number of nitriles is 1. The average molecular weight is 308 g/mol. The van der Waals surface area contributed by atoms with E-state index >= 15 is 0 Å². The van der Waals surface area contributed by atoms with E-state index in [1.54, 1.807) is 13.0 Å². The highest BCUT2D eigenvalue weighted by atomic mass is 35.5. The molecule has 0 aliphatic rings. The molecule has 7 heteroatoms. The maximum Gasteiger partial charge on any atom is 0.263 e. The molecule has 0 saturated carbocycles. The van der Waals surface area contributed by atoms with Crippen LogP contribution < -0.4 is 4.72 Å². The van der Waals surface area contributed by atoms with Gasteiger partial charge in [-0.15, -0.1) is 0 Å². The smallest absolute Gasteiger partial charge is 0.263 e. The number of hydrogen-bond acceptors (Lipinski definition) is 4. The molecule has 2 rings (SSSR count). The van der Waals surface area contributed by atoms with Gasteiger partial charge in [0.05, 0.1) is 16.5 Å². The number of anilines is 1. The van der Waals surface area contributed by atoms with Crippen molar-refractivity contribution in [3.63, 3.8) is 0 Å². The van der Waals surface area contributed by atoms with E-state index in [0.717, 1.165) is 0 Å². The largest absolute Gasteiger partial charge is 0.263 e. The molecule has 2 aromatic rings. The van der Waals surface area contributed by atoms with Crippen LogP contribution in [0.3, 0.4) is 0 Å². The summed E-state index contributed by atoms with van der Waals surface area (Å²) < 4.78 is 26.9. The van der Waals surface area contributed by atoms with E-state index in [9.17, 15) is 8.42 Å². The molecule has 0 fully saturated rings. The Morgan fingerprint density at radius 2 is 2.05 bits per heavy atom. The number of hydrogen-bond donors (Lipinski definition) is 1. The Labute approximate surface area is 121 Å². The first kappa shape index (κ1) is 14.3. The third kappa shape index (κ3) is 3.07. The van der Waals surface area contributed by atoms with Crippen molar-refractivity contribution in [1.29, 1.82) is 5.26 Å². The lowest BCUT2D eigenvalue weighted by molar-refractivity contribution is 0.600. The van der Waals surface area contributed by atoms with E-state index in [1.807, 2.05) is 6.07 Å². The fourth-order valence-corrected chi connectivity index (χ4v) is 3.06. The van der Waals surface area contributed by atoms with E-state index in [-0.39, 0.29) is 10.7 Å². The van der Waals surface area contributed by atoms with E-state index in [2.05, 4.69) is 9.71 Å². The molecule has 0 atom stereocenters. The Kier molecular flexibility index (Phi) is 3.93. The normalized spacial score (nSPS) is 10.8. The summed E-state index contributed by atoms with van der Waals surface area (Å²) in [7, 11) is -3.77. The molecule has 0 amide bonds. The maximum absolute atomic E-state index is 12.3. The van der Waals surface area contributed by atoms with Crippen molar-refractivity contribution in [1.82, 2.24) is 4.98 Å². The maximum atomic E-state index is 12.3. The zero-order valence-electron chi connectivity index (χ0n) is 10.5. The number of pyridine rings is 1. The molecule has 1 aromatic heterocycles. The third-order valence-corrected chi connectivity index (χ3v) is 4.30. The van der Waals surface area contributed by atoms with Gasteiger partial charge in [-0.2, -0.15) is 5.26 Å². The number of halogens is 1. The molecule has 20 heavy (non-hydrogen) atoms. The first-order valence-electron chi connectivity index (χ1n) is 5.57. The summed E-state index contributed by atoms with van der Waals surface area (Å²) in [4.78, 5) is 3.98. The number of nitrogens with one attached hydrogen (secondary N) is 1. The average Bonchev–Trinajstić information content (AvgIpc) is 2.37. The van der Waals surface area contributed by atoms with Crippen LogP contribution in [0.25, 0.3) is 0 Å². The molecule has 1 heterocycles. The van der Waals surface area contributed by atoms with Crippen molar-refractivity contribution < 1.29 is 8.42 Å². The zero-order chi connectivity index (χ0) is 14.8. The lowest BCUT2D eigenvalue weighted by Crippen LogP contribution is -2.15. The second-order valence-corrected chi connectivity index (χ2v) is 6.14. The highest BCUT2D eigenvalue weighted by molar-refractivity contribution is 7.92. The standard InChI is InChI=1S/C13H10ClN3O2S/c1-9-6-10(8-15)2-3-12(9)20(18,19)17-13-7-11(14)4-5-16-13/h2-7H,1H3,(H,16,17). The predicted octanol–water partition coefficient (Wildman–Crippen LogP) is 2.72. The minimum atomic E-state index is -3.77. The van der Waals surface area contributed by atoms with Crippen LogP contribution in [0, 0.1) is 18.3 Å². The van der Waals surface area contributed by atoms with Gasteiger partial charge in [0.2, 0.25) is 0 Å². The predicted molar refractivity (Wildman–Crippen MR) is 75.9 cm³/mol. The number of benzene rings is 1. The summed E-state index contributed by atoms with van der Waals surface area (Å²) in [5.74, 6) is 0.140. The quantitative estimate of drug-likeness (QED) is 0.945. The third-order valence-electron chi connectivity index (χ3n) is 2.55. The van der Waals surface area contributed by atoms with Gasteiger partial charge in [-0.1, -0.05) is 11.6 Å². The summed E-state index contributed by atoms with van der Waals surface area (Å²) in [5.41, 5.74) is 0.890. The molecular formula is C13H10ClN3O2S. The minimum absolute atomic E-state index is 0.0956. The Hall–Kier alpha value is -2.10. The molecule has 1 aromatic carbocycles. The summed E-state index contributed by atoms with van der Waals surface area (Å²) in [6.07, 6.45) is 1.41. The number of aromatic nitrogens is 1. The Morgan fingerprint density at radius 1 is 1.30 bits per heavy atom. The van der Waals surface area contributed by atoms with E-state index < -0.39 is 10.0 Å². The minimum Gasteiger partial charge on any atom is -0.263 e. The number of nitrogens with zero attached hydrogens (tertiary/aromatic N) is 2. The lowest BCUT2D eigenvalue weighted by atomic mass is 10.2. The monoisotopic (exact) mass is 307 g/mol.